The van der Waals surface area contributed by atoms with Gasteiger partial charge in [-0.3, -0.25) is 4.79 Å². The molecule has 0 aromatic heterocycles. The summed E-state index contributed by atoms with van der Waals surface area (Å²) in [5.41, 5.74) is 6.06. The molecular formula is C13H17NO2. The molecule has 16 heavy (non-hydrogen) atoms. The maximum Gasteiger partial charge on any atom is 0.164 e. The van der Waals surface area contributed by atoms with Crippen LogP contribution in [0, 0.1) is 0 Å². The van der Waals surface area contributed by atoms with E-state index in [2.05, 4.69) is 0 Å². The Morgan fingerprint density at radius 1 is 1.31 bits per heavy atom. The van der Waals surface area contributed by atoms with Crippen molar-refractivity contribution in [3.05, 3.63) is 29.8 Å². The van der Waals surface area contributed by atoms with Crippen LogP contribution in [0.25, 0.3) is 0 Å². The van der Waals surface area contributed by atoms with E-state index in [0.717, 1.165) is 18.6 Å². The molecule has 0 aliphatic heterocycles. The molecule has 0 spiro atoms. The highest BCUT2D eigenvalue weighted by molar-refractivity contribution is 5.96. The molecule has 0 saturated heterocycles. The SMILES string of the molecule is NCCC(=O)c1ccc(OC2CCC2)cc1. The number of hydrogen-bond donors (Lipinski definition) is 1. The van der Waals surface area contributed by atoms with Crippen molar-refractivity contribution in [1.82, 2.24) is 0 Å². The van der Waals surface area contributed by atoms with E-state index in [9.17, 15) is 4.79 Å². The fourth-order valence-electron chi connectivity index (χ4n) is 1.68. The fraction of sp³-hybridized carbons (Fsp3) is 0.462. The van der Waals surface area contributed by atoms with Crippen LogP contribution >= 0.6 is 0 Å². The minimum absolute atomic E-state index is 0.0951. The first-order valence-corrected chi connectivity index (χ1v) is 5.79. The quantitative estimate of drug-likeness (QED) is 0.772. The Morgan fingerprint density at radius 2 is 2.00 bits per heavy atom. The minimum atomic E-state index is 0.0951. The molecule has 2 rings (SSSR count). The molecule has 0 radical (unpaired) electrons. The summed E-state index contributed by atoms with van der Waals surface area (Å²) in [5.74, 6) is 0.951. The van der Waals surface area contributed by atoms with Crippen LogP contribution in [0.3, 0.4) is 0 Å². The molecule has 0 bridgehead atoms. The first kappa shape index (κ1) is 11.1. The van der Waals surface area contributed by atoms with Gasteiger partial charge in [-0.25, -0.2) is 0 Å². The van der Waals surface area contributed by atoms with E-state index in [4.69, 9.17) is 10.5 Å². The third-order valence-electron chi connectivity index (χ3n) is 2.90. The lowest BCUT2D eigenvalue weighted by Gasteiger charge is -2.26. The van der Waals surface area contributed by atoms with E-state index in [1.807, 2.05) is 24.3 Å². The van der Waals surface area contributed by atoms with Gasteiger partial charge in [0.05, 0.1) is 6.10 Å². The summed E-state index contributed by atoms with van der Waals surface area (Å²) in [6.45, 7) is 0.402. The molecule has 2 N–H and O–H groups in total. The first-order valence-electron chi connectivity index (χ1n) is 5.79. The number of nitrogens with two attached hydrogens (primary N) is 1. The summed E-state index contributed by atoms with van der Waals surface area (Å²) in [4.78, 5) is 11.5. The number of rotatable bonds is 5. The summed E-state index contributed by atoms with van der Waals surface area (Å²) in [6, 6.07) is 7.35. The Bertz CT molecular complexity index is 355. The molecule has 0 heterocycles. The van der Waals surface area contributed by atoms with Crippen LogP contribution in [-0.2, 0) is 0 Å². The molecule has 1 aliphatic rings. The predicted molar refractivity (Wildman–Crippen MR) is 62.7 cm³/mol. The molecule has 1 aliphatic carbocycles. The zero-order chi connectivity index (χ0) is 11.4. The second-order valence-corrected chi connectivity index (χ2v) is 4.16. The van der Waals surface area contributed by atoms with E-state index < -0.39 is 0 Å². The number of carbonyl (C=O) groups excluding carboxylic acids is 1. The number of carbonyl (C=O) groups is 1. The number of Topliss-reactive ketones (excluding diaryl/α,β-unsaturated/α-hetero) is 1. The van der Waals surface area contributed by atoms with Crippen LogP contribution in [-0.4, -0.2) is 18.4 Å². The monoisotopic (exact) mass is 219 g/mol. The summed E-state index contributed by atoms with van der Waals surface area (Å²) < 4.78 is 5.71. The van der Waals surface area contributed by atoms with E-state index in [1.165, 1.54) is 6.42 Å². The molecule has 0 atom stereocenters. The van der Waals surface area contributed by atoms with Gasteiger partial charge < -0.3 is 10.5 Å². The number of hydrogen-bond acceptors (Lipinski definition) is 3. The normalized spacial score (nSPS) is 15.6. The van der Waals surface area contributed by atoms with Crippen LogP contribution in [0.5, 0.6) is 5.75 Å². The lowest BCUT2D eigenvalue weighted by molar-refractivity contribution is 0.0985. The second-order valence-electron chi connectivity index (χ2n) is 4.16. The molecular weight excluding hydrogens is 202 g/mol. The summed E-state index contributed by atoms with van der Waals surface area (Å²) in [6.07, 6.45) is 4.34. The van der Waals surface area contributed by atoms with Gasteiger partial charge in [-0.15, -0.1) is 0 Å². The van der Waals surface area contributed by atoms with Crippen LogP contribution < -0.4 is 10.5 Å². The van der Waals surface area contributed by atoms with Gasteiger partial charge in [0.25, 0.3) is 0 Å². The van der Waals surface area contributed by atoms with Crippen molar-refractivity contribution >= 4 is 5.78 Å². The Kier molecular flexibility index (Phi) is 3.57. The van der Waals surface area contributed by atoms with Gasteiger partial charge >= 0.3 is 0 Å². The van der Waals surface area contributed by atoms with Gasteiger partial charge in [0.15, 0.2) is 5.78 Å². The Hall–Kier alpha value is -1.35. The summed E-state index contributed by atoms with van der Waals surface area (Å²) in [7, 11) is 0. The molecule has 1 saturated carbocycles. The average molecular weight is 219 g/mol. The molecule has 0 amide bonds. The summed E-state index contributed by atoms with van der Waals surface area (Å²) >= 11 is 0. The van der Waals surface area contributed by atoms with E-state index >= 15 is 0 Å². The van der Waals surface area contributed by atoms with Crippen molar-refractivity contribution in [3.8, 4) is 5.75 Å². The zero-order valence-corrected chi connectivity index (χ0v) is 9.32. The third-order valence-corrected chi connectivity index (χ3v) is 2.90. The van der Waals surface area contributed by atoms with Gasteiger partial charge in [0.2, 0.25) is 0 Å². The molecule has 1 fully saturated rings. The molecule has 1 aromatic carbocycles. The number of ketones is 1. The number of ether oxygens (including phenoxy) is 1. The maximum absolute atomic E-state index is 11.5. The maximum atomic E-state index is 11.5. The van der Waals surface area contributed by atoms with E-state index in [0.29, 0.717) is 24.6 Å². The topological polar surface area (TPSA) is 52.3 Å². The molecule has 0 unspecified atom stereocenters. The second kappa shape index (κ2) is 5.12. The molecule has 1 aromatic rings. The number of benzene rings is 1. The Balaban J connectivity index is 1.95. The lowest BCUT2D eigenvalue weighted by atomic mass is 9.96. The predicted octanol–water partition coefficient (Wildman–Crippen LogP) is 2.15. The largest absolute Gasteiger partial charge is 0.490 e. The molecule has 3 nitrogen and oxygen atoms in total. The van der Waals surface area contributed by atoms with Gasteiger partial charge in [-0.2, -0.15) is 0 Å². The lowest BCUT2D eigenvalue weighted by Crippen LogP contribution is -2.24. The van der Waals surface area contributed by atoms with Crippen molar-refractivity contribution in [2.24, 2.45) is 5.73 Å². The van der Waals surface area contributed by atoms with E-state index in [-0.39, 0.29) is 5.78 Å². The van der Waals surface area contributed by atoms with Crippen molar-refractivity contribution < 1.29 is 9.53 Å². The fourth-order valence-corrected chi connectivity index (χ4v) is 1.68. The van der Waals surface area contributed by atoms with Gasteiger partial charge in [-0.05, 0) is 50.1 Å². The van der Waals surface area contributed by atoms with Crippen LogP contribution in [0.2, 0.25) is 0 Å². The van der Waals surface area contributed by atoms with Gasteiger partial charge in [0, 0.05) is 12.0 Å². The van der Waals surface area contributed by atoms with Crippen LogP contribution in [0.15, 0.2) is 24.3 Å². The van der Waals surface area contributed by atoms with Crippen LogP contribution in [0.1, 0.15) is 36.0 Å². The van der Waals surface area contributed by atoms with Crippen molar-refractivity contribution in [2.75, 3.05) is 6.54 Å². The minimum Gasteiger partial charge on any atom is -0.490 e. The van der Waals surface area contributed by atoms with Gasteiger partial charge in [-0.1, -0.05) is 0 Å². The van der Waals surface area contributed by atoms with Crippen molar-refractivity contribution in [3.63, 3.8) is 0 Å². The summed E-state index contributed by atoms with van der Waals surface area (Å²) in [5, 5.41) is 0. The molecule has 86 valence electrons. The van der Waals surface area contributed by atoms with Gasteiger partial charge in [0.1, 0.15) is 5.75 Å². The molecule has 3 heteroatoms. The highest BCUT2D eigenvalue weighted by atomic mass is 16.5. The standard InChI is InChI=1S/C13H17NO2/c14-9-8-13(15)10-4-6-12(7-5-10)16-11-2-1-3-11/h4-7,11H,1-3,8-9,14H2. The average Bonchev–Trinajstić information content (AvgIpc) is 2.25. The van der Waals surface area contributed by atoms with E-state index in [1.54, 1.807) is 0 Å². The Labute approximate surface area is 95.6 Å². The van der Waals surface area contributed by atoms with Crippen molar-refractivity contribution in [1.29, 1.82) is 0 Å². The third kappa shape index (κ3) is 2.61. The zero-order valence-electron chi connectivity index (χ0n) is 9.32. The first-order chi connectivity index (χ1) is 7.79. The highest BCUT2D eigenvalue weighted by Crippen LogP contribution is 2.25. The highest BCUT2D eigenvalue weighted by Gasteiger charge is 2.18. The van der Waals surface area contributed by atoms with Crippen LogP contribution in [0.4, 0.5) is 0 Å². The smallest absolute Gasteiger partial charge is 0.164 e. The van der Waals surface area contributed by atoms with Crippen molar-refractivity contribution in [2.45, 2.75) is 31.8 Å². The Morgan fingerprint density at radius 3 is 2.50 bits per heavy atom.